The lowest BCUT2D eigenvalue weighted by molar-refractivity contribution is 0.153. The van der Waals surface area contributed by atoms with Crippen molar-refractivity contribution in [2.45, 2.75) is 3.12 Å². The number of amides is 1. The minimum Gasteiger partial charge on any atom is -0.493 e. The second kappa shape index (κ2) is 9.31. The number of alkyl halides is 3. The van der Waals surface area contributed by atoms with Crippen LogP contribution in [0.5, 0.6) is 17.2 Å². The van der Waals surface area contributed by atoms with Crippen LogP contribution >= 0.6 is 46.8 Å². The van der Waals surface area contributed by atoms with E-state index in [1.807, 2.05) is 0 Å². The number of nitrogens with zero attached hydrogens (tertiary/aromatic N) is 2. The molecule has 1 aromatic rings. The Hall–Kier alpha value is -1.22. The van der Waals surface area contributed by atoms with Gasteiger partial charge in [-0.2, -0.15) is 5.10 Å². The zero-order valence-corrected chi connectivity index (χ0v) is 16.3. The SMILES string of the molecule is COC(=O)N(N=Cc1cc(OC)c(OC)c(OC)c1)SC(Cl)(Cl)Cl. The van der Waals surface area contributed by atoms with Gasteiger partial charge in [0.2, 0.25) is 5.75 Å². The molecule has 24 heavy (non-hydrogen) atoms. The normalized spacial score (nSPS) is 11.3. The first-order valence-corrected chi connectivity index (χ1v) is 8.14. The van der Waals surface area contributed by atoms with Crippen molar-refractivity contribution >= 4 is 59.1 Å². The third kappa shape index (κ3) is 6.01. The molecule has 0 heterocycles. The molecule has 1 aromatic carbocycles. The van der Waals surface area contributed by atoms with Crippen molar-refractivity contribution in [3.05, 3.63) is 17.7 Å². The number of hydrazone groups is 1. The van der Waals surface area contributed by atoms with E-state index in [0.717, 1.165) is 4.41 Å². The molecule has 7 nitrogen and oxygen atoms in total. The van der Waals surface area contributed by atoms with Crippen molar-refractivity contribution in [2.75, 3.05) is 28.4 Å². The quantitative estimate of drug-likeness (QED) is 0.300. The fourth-order valence-corrected chi connectivity index (χ4v) is 2.61. The molecule has 0 bridgehead atoms. The molecular weight excluding hydrogens is 403 g/mol. The molecule has 0 aliphatic carbocycles. The predicted octanol–water partition coefficient (Wildman–Crippen LogP) is 4.09. The van der Waals surface area contributed by atoms with Crippen LogP contribution in [0.25, 0.3) is 0 Å². The maximum atomic E-state index is 11.7. The minimum atomic E-state index is -1.79. The Bertz CT molecular complexity index is 585. The van der Waals surface area contributed by atoms with Gasteiger partial charge < -0.3 is 18.9 Å². The number of halogens is 3. The summed E-state index contributed by atoms with van der Waals surface area (Å²) < 4.78 is 19.3. The molecule has 134 valence electrons. The van der Waals surface area contributed by atoms with Crippen LogP contribution in [-0.4, -0.2) is 48.3 Å². The highest BCUT2D eigenvalue weighted by molar-refractivity contribution is 8.03. The molecule has 0 saturated heterocycles. The average Bonchev–Trinajstić information content (AvgIpc) is 2.55. The van der Waals surface area contributed by atoms with Crippen LogP contribution in [0.15, 0.2) is 17.2 Å². The topological polar surface area (TPSA) is 69.6 Å². The van der Waals surface area contributed by atoms with Crippen LogP contribution in [0.2, 0.25) is 0 Å². The molecule has 0 N–H and O–H groups in total. The number of ether oxygens (including phenoxy) is 4. The Morgan fingerprint density at radius 1 is 1.12 bits per heavy atom. The van der Waals surface area contributed by atoms with E-state index in [1.165, 1.54) is 34.7 Å². The van der Waals surface area contributed by atoms with Gasteiger partial charge in [0.05, 0.1) is 34.7 Å². The minimum absolute atomic E-state index is 0.428. The summed E-state index contributed by atoms with van der Waals surface area (Å²) in [5.74, 6) is 1.28. The summed E-state index contributed by atoms with van der Waals surface area (Å²) in [6.45, 7) is 0. The van der Waals surface area contributed by atoms with Gasteiger partial charge in [0.15, 0.2) is 11.5 Å². The fourth-order valence-electron chi connectivity index (χ4n) is 1.58. The Morgan fingerprint density at radius 3 is 2.04 bits per heavy atom. The van der Waals surface area contributed by atoms with Gasteiger partial charge in [-0.1, -0.05) is 34.8 Å². The summed E-state index contributed by atoms with van der Waals surface area (Å²) in [6.07, 6.45) is 0.542. The Balaban J connectivity index is 3.16. The zero-order valence-electron chi connectivity index (χ0n) is 13.2. The number of hydrogen-bond donors (Lipinski definition) is 0. The van der Waals surface area contributed by atoms with E-state index >= 15 is 0 Å². The smallest absolute Gasteiger partial charge is 0.440 e. The van der Waals surface area contributed by atoms with E-state index in [0.29, 0.717) is 34.8 Å². The van der Waals surface area contributed by atoms with Gasteiger partial charge in [0.25, 0.3) is 3.12 Å². The second-order valence-electron chi connectivity index (χ2n) is 3.98. The second-order valence-corrected chi connectivity index (χ2v) is 8.08. The first-order valence-electron chi connectivity index (χ1n) is 6.23. The van der Waals surface area contributed by atoms with Gasteiger partial charge in [-0.25, -0.2) is 4.79 Å². The lowest BCUT2D eigenvalue weighted by atomic mass is 10.2. The van der Waals surface area contributed by atoms with E-state index in [4.69, 9.17) is 49.0 Å². The van der Waals surface area contributed by atoms with Crippen molar-refractivity contribution < 1.29 is 23.7 Å². The van der Waals surface area contributed by atoms with Crippen molar-refractivity contribution in [1.82, 2.24) is 4.41 Å². The molecule has 1 amide bonds. The molecular formula is C13H15Cl3N2O5S. The van der Waals surface area contributed by atoms with E-state index in [9.17, 15) is 4.79 Å². The van der Waals surface area contributed by atoms with Gasteiger partial charge in [-0.15, -0.1) is 4.41 Å². The fraction of sp³-hybridized carbons (Fsp3) is 0.385. The molecule has 0 spiro atoms. The van der Waals surface area contributed by atoms with Crippen molar-refractivity contribution in [2.24, 2.45) is 5.10 Å². The molecule has 0 radical (unpaired) electrons. The highest BCUT2D eigenvalue weighted by Crippen LogP contribution is 2.41. The number of hydrogen-bond acceptors (Lipinski definition) is 7. The van der Waals surface area contributed by atoms with E-state index < -0.39 is 9.22 Å². The van der Waals surface area contributed by atoms with Crippen molar-refractivity contribution in [3.63, 3.8) is 0 Å². The molecule has 0 aliphatic heterocycles. The van der Waals surface area contributed by atoms with E-state index in [2.05, 4.69) is 9.84 Å². The van der Waals surface area contributed by atoms with Gasteiger partial charge in [0.1, 0.15) is 0 Å². The van der Waals surface area contributed by atoms with Crippen LogP contribution in [0.3, 0.4) is 0 Å². The number of carbonyl (C=O) groups is 1. The molecule has 0 aromatic heterocycles. The van der Waals surface area contributed by atoms with Crippen LogP contribution in [0.4, 0.5) is 4.79 Å². The molecule has 0 aliphatic rings. The maximum absolute atomic E-state index is 11.7. The van der Waals surface area contributed by atoms with Gasteiger partial charge >= 0.3 is 6.09 Å². The number of benzene rings is 1. The standard InChI is InChI=1S/C13H15Cl3N2O5S/c1-20-9-5-8(6-10(21-2)11(9)22-3)7-17-18(12(19)23-4)24-13(14,15)16/h5-7H,1-4H3. The van der Waals surface area contributed by atoms with Crippen molar-refractivity contribution in [3.8, 4) is 17.2 Å². The van der Waals surface area contributed by atoms with Crippen LogP contribution in [0, 0.1) is 0 Å². The first kappa shape index (κ1) is 20.8. The summed E-state index contributed by atoms with van der Waals surface area (Å²) in [5.41, 5.74) is 0.559. The van der Waals surface area contributed by atoms with Crippen LogP contribution < -0.4 is 14.2 Å². The Morgan fingerprint density at radius 2 is 1.67 bits per heavy atom. The van der Waals surface area contributed by atoms with E-state index in [-0.39, 0.29) is 0 Å². The Labute approximate surface area is 158 Å². The lowest BCUT2D eigenvalue weighted by Gasteiger charge is -2.18. The summed E-state index contributed by atoms with van der Waals surface area (Å²) >= 11 is 17.5. The van der Waals surface area contributed by atoms with Crippen LogP contribution in [-0.2, 0) is 4.74 Å². The van der Waals surface area contributed by atoms with Gasteiger partial charge in [-0.3, -0.25) is 0 Å². The van der Waals surface area contributed by atoms with Crippen LogP contribution in [0.1, 0.15) is 5.56 Å². The van der Waals surface area contributed by atoms with E-state index in [1.54, 1.807) is 12.1 Å². The Kier molecular flexibility index (Phi) is 8.08. The molecule has 0 fully saturated rings. The molecule has 0 atom stereocenters. The first-order chi connectivity index (χ1) is 11.3. The average molecular weight is 418 g/mol. The zero-order chi connectivity index (χ0) is 18.3. The number of rotatable bonds is 6. The lowest BCUT2D eigenvalue weighted by Crippen LogP contribution is -2.22. The number of carbonyl (C=O) groups excluding carboxylic acids is 1. The third-order valence-corrected chi connectivity index (χ3v) is 3.76. The van der Waals surface area contributed by atoms with Gasteiger partial charge in [0, 0.05) is 17.5 Å². The number of methoxy groups -OCH3 is 4. The van der Waals surface area contributed by atoms with Crippen molar-refractivity contribution in [1.29, 1.82) is 0 Å². The summed E-state index contributed by atoms with van der Waals surface area (Å²) in [5, 5.41) is 3.95. The molecule has 0 saturated carbocycles. The summed E-state index contributed by atoms with van der Waals surface area (Å²) in [7, 11) is 5.64. The molecule has 1 rings (SSSR count). The summed E-state index contributed by atoms with van der Waals surface area (Å²) in [4.78, 5) is 11.7. The highest BCUT2D eigenvalue weighted by atomic mass is 35.6. The predicted molar refractivity (Wildman–Crippen MR) is 95.8 cm³/mol. The highest BCUT2D eigenvalue weighted by Gasteiger charge is 2.29. The maximum Gasteiger partial charge on any atom is 0.440 e. The summed E-state index contributed by atoms with van der Waals surface area (Å²) in [6, 6.07) is 3.28. The molecule has 11 heteroatoms. The van der Waals surface area contributed by atoms with Gasteiger partial charge in [-0.05, 0) is 12.1 Å². The molecule has 0 unspecified atom stereocenters. The third-order valence-electron chi connectivity index (χ3n) is 2.52. The monoisotopic (exact) mass is 416 g/mol. The largest absolute Gasteiger partial charge is 0.493 e.